The molecular weight excluding hydrogens is 206 g/mol. The Morgan fingerprint density at radius 1 is 1.19 bits per heavy atom. The lowest BCUT2D eigenvalue weighted by Gasteiger charge is -2.23. The van der Waals surface area contributed by atoms with Crippen LogP contribution in [0.1, 0.15) is 24.9 Å². The quantitative estimate of drug-likeness (QED) is 0.577. The number of hydrogen-bond acceptors (Lipinski definition) is 4. The van der Waals surface area contributed by atoms with Crippen molar-refractivity contribution in [2.75, 3.05) is 13.2 Å². The first kappa shape index (κ1) is 13.0. The van der Waals surface area contributed by atoms with Crippen molar-refractivity contribution in [1.82, 2.24) is 5.32 Å². The van der Waals surface area contributed by atoms with Gasteiger partial charge in [0.05, 0.1) is 19.3 Å². The Bertz CT molecular complexity index is 313. The lowest BCUT2D eigenvalue weighted by atomic mass is 10.0. The van der Waals surface area contributed by atoms with E-state index in [2.05, 4.69) is 5.32 Å². The van der Waals surface area contributed by atoms with Crippen LogP contribution in [0.4, 0.5) is 0 Å². The van der Waals surface area contributed by atoms with Crippen LogP contribution in [-0.2, 0) is 0 Å². The fourth-order valence-corrected chi connectivity index (χ4v) is 1.66. The van der Waals surface area contributed by atoms with Crippen LogP contribution >= 0.6 is 0 Å². The summed E-state index contributed by atoms with van der Waals surface area (Å²) in [4.78, 5) is 0. The van der Waals surface area contributed by atoms with Crippen LogP contribution in [0.25, 0.3) is 0 Å². The molecule has 0 aliphatic heterocycles. The van der Waals surface area contributed by atoms with E-state index in [9.17, 15) is 5.11 Å². The van der Waals surface area contributed by atoms with E-state index < -0.39 is 0 Å². The third-order valence-electron chi connectivity index (χ3n) is 2.60. The number of nitrogens with one attached hydrogen (secondary N) is 1. The molecule has 4 heteroatoms. The minimum atomic E-state index is -0.357. The van der Waals surface area contributed by atoms with Crippen molar-refractivity contribution in [3.63, 3.8) is 0 Å². The molecule has 0 radical (unpaired) electrons. The predicted octanol–water partition coefficient (Wildman–Crippen LogP) is 0.786. The summed E-state index contributed by atoms with van der Waals surface area (Å²) in [7, 11) is 0. The zero-order valence-electron chi connectivity index (χ0n) is 9.43. The summed E-state index contributed by atoms with van der Waals surface area (Å²) >= 11 is 0. The molecule has 0 saturated heterocycles. The van der Waals surface area contributed by atoms with Gasteiger partial charge < -0.3 is 20.6 Å². The van der Waals surface area contributed by atoms with Crippen molar-refractivity contribution in [1.29, 1.82) is 0 Å². The lowest BCUT2D eigenvalue weighted by molar-refractivity contribution is 0.160. The summed E-state index contributed by atoms with van der Waals surface area (Å²) in [5.41, 5.74) is 0.789. The Morgan fingerprint density at radius 3 is 2.31 bits per heavy atom. The van der Waals surface area contributed by atoms with E-state index in [1.807, 2.05) is 19.1 Å². The molecule has 0 amide bonds. The molecule has 0 aromatic heterocycles. The number of aliphatic hydroxyl groups is 2. The van der Waals surface area contributed by atoms with E-state index in [-0.39, 0.29) is 31.0 Å². The van der Waals surface area contributed by atoms with Gasteiger partial charge in [-0.25, -0.2) is 0 Å². The Morgan fingerprint density at radius 2 is 1.81 bits per heavy atom. The van der Waals surface area contributed by atoms with Crippen molar-refractivity contribution in [2.45, 2.75) is 25.4 Å². The number of para-hydroxylation sites is 1. The molecule has 1 rings (SSSR count). The van der Waals surface area contributed by atoms with Crippen LogP contribution in [0, 0.1) is 0 Å². The number of benzene rings is 1. The molecule has 4 N–H and O–H groups in total. The van der Waals surface area contributed by atoms with Crippen LogP contribution in [-0.4, -0.2) is 34.6 Å². The first-order valence-electron chi connectivity index (χ1n) is 5.48. The number of phenolic OH excluding ortho intramolecular Hbond substituents is 1. The first-order valence-corrected chi connectivity index (χ1v) is 5.48. The molecule has 4 nitrogen and oxygen atoms in total. The second-order valence-corrected chi connectivity index (χ2v) is 3.75. The lowest BCUT2D eigenvalue weighted by Crippen LogP contribution is -2.38. The SMILES string of the molecule is CCC(NC(CO)CO)c1ccccc1O. The minimum Gasteiger partial charge on any atom is -0.508 e. The number of hydrogen-bond donors (Lipinski definition) is 4. The van der Waals surface area contributed by atoms with Crippen molar-refractivity contribution >= 4 is 0 Å². The molecule has 0 fully saturated rings. The third kappa shape index (κ3) is 3.20. The average molecular weight is 225 g/mol. The molecule has 0 bridgehead atoms. The largest absolute Gasteiger partial charge is 0.508 e. The van der Waals surface area contributed by atoms with E-state index in [1.54, 1.807) is 12.1 Å². The van der Waals surface area contributed by atoms with Crippen LogP contribution < -0.4 is 5.32 Å². The fraction of sp³-hybridized carbons (Fsp3) is 0.500. The summed E-state index contributed by atoms with van der Waals surface area (Å²) in [5.74, 6) is 0.233. The van der Waals surface area contributed by atoms with E-state index in [0.717, 1.165) is 12.0 Å². The summed E-state index contributed by atoms with van der Waals surface area (Å²) in [6.45, 7) is 1.73. The predicted molar refractivity (Wildman–Crippen MR) is 62.2 cm³/mol. The zero-order chi connectivity index (χ0) is 12.0. The van der Waals surface area contributed by atoms with Crippen molar-refractivity contribution < 1.29 is 15.3 Å². The monoisotopic (exact) mass is 225 g/mol. The Labute approximate surface area is 95.6 Å². The molecule has 1 atom stereocenters. The van der Waals surface area contributed by atoms with Gasteiger partial charge in [-0.2, -0.15) is 0 Å². The van der Waals surface area contributed by atoms with Crippen molar-refractivity contribution in [3.8, 4) is 5.75 Å². The van der Waals surface area contributed by atoms with Gasteiger partial charge in [-0.3, -0.25) is 0 Å². The molecule has 0 aliphatic rings. The normalized spacial score (nSPS) is 13.0. The number of rotatable bonds is 6. The molecule has 0 spiro atoms. The average Bonchev–Trinajstić information content (AvgIpc) is 2.32. The van der Waals surface area contributed by atoms with Crippen molar-refractivity contribution in [2.24, 2.45) is 0 Å². The van der Waals surface area contributed by atoms with Crippen LogP contribution in [0.5, 0.6) is 5.75 Å². The highest BCUT2D eigenvalue weighted by atomic mass is 16.3. The minimum absolute atomic E-state index is 0.0644. The smallest absolute Gasteiger partial charge is 0.120 e. The number of aromatic hydroxyl groups is 1. The first-order chi connectivity index (χ1) is 7.72. The highest BCUT2D eigenvalue weighted by Gasteiger charge is 2.16. The van der Waals surface area contributed by atoms with Crippen LogP contribution in [0.15, 0.2) is 24.3 Å². The second kappa shape index (κ2) is 6.48. The van der Waals surface area contributed by atoms with Crippen LogP contribution in [0.2, 0.25) is 0 Å². The van der Waals surface area contributed by atoms with Crippen LogP contribution in [0.3, 0.4) is 0 Å². The van der Waals surface area contributed by atoms with E-state index in [0.29, 0.717) is 0 Å². The summed E-state index contributed by atoms with van der Waals surface area (Å²) in [6.07, 6.45) is 0.772. The molecule has 0 heterocycles. The summed E-state index contributed by atoms with van der Waals surface area (Å²) in [6, 6.07) is 6.66. The molecule has 1 aromatic rings. The van der Waals surface area contributed by atoms with Gasteiger partial charge in [0, 0.05) is 11.6 Å². The maximum absolute atomic E-state index is 9.71. The number of phenols is 1. The highest BCUT2D eigenvalue weighted by molar-refractivity contribution is 5.34. The molecule has 90 valence electrons. The van der Waals surface area contributed by atoms with Gasteiger partial charge in [-0.05, 0) is 12.5 Å². The highest BCUT2D eigenvalue weighted by Crippen LogP contribution is 2.25. The Kier molecular flexibility index (Phi) is 5.25. The fourth-order valence-electron chi connectivity index (χ4n) is 1.66. The van der Waals surface area contributed by atoms with Gasteiger partial charge in [0.2, 0.25) is 0 Å². The van der Waals surface area contributed by atoms with Gasteiger partial charge in [-0.15, -0.1) is 0 Å². The maximum Gasteiger partial charge on any atom is 0.120 e. The van der Waals surface area contributed by atoms with Gasteiger partial charge in [0.1, 0.15) is 5.75 Å². The van der Waals surface area contributed by atoms with E-state index in [4.69, 9.17) is 10.2 Å². The molecular formula is C12H19NO3. The van der Waals surface area contributed by atoms with Gasteiger partial charge in [0.15, 0.2) is 0 Å². The molecule has 1 unspecified atom stereocenters. The second-order valence-electron chi connectivity index (χ2n) is 3.75. The summed E-state index contributed by atoms with van der Waals surface area (Å²) in [5, 5.41) is 30.8. The van der Waals surface area contributed by atoms with E-state index >= 15 is 0 Å². The Hall–Kier alpha value is -1.10. The zero-order valence-corrected chi connectivity index (χ0v) is 9.43. The molecule has 0 aliphatic carbocycles. The van der Waals surface area contributed by atoms with Crippen molar-refractivity contribution in [3.05, 3.63) is 29.8 Å². The van der Waals surface area contributed by atoms with Gasteiger partial charge in [-0.1, -0.05) is 25.1 Å². The van der Waals surface area contributed by atoms with Gasteiger partial charge in [0.25, 0.3) is 0 Å². The van der Waals surface area contributed by atoms with E-state index in [1.165, 1.54) is 0 Å². The molecule has 16 heavy (non-hydrogen) atoms. The third-order valence-corrected chi connectivity index (χ3v) is 2.60. The molecule has 0 saturated carbocycles. The Balaban J connectivity index is 2.78. The summed E-state index contributed by atoms with van der Waals surface area (Å²) < 4.78 is 0. The maximum atomic E-state index is 9.71. The number of aliphatic hydroxyl groups excluding tert-OH is 2. The van der Waals surface area contributed by atoms with Gasteiger partial charge >= 0.3 is 0 Å². The molecule has 1 aromatic carbocycles. The topological polar surface area (TPSA) is 72.7 Å². The standard InChI is InChI=1S/C12H19NO3/c1-2-11(13-9(7-14)8-15)10-5-3-4-6-12(10)16/h3-6,9,11,13-16H,2,7-8H2,1H3.